The van der Waals surface area contributed by atoms with E-state index in [2.05, 4.69) is 15.5 Å². The molecule has 2 heterocycles. The second-order valence-electron chi connectivity index (χ2n) is 7.22. The fourth-order valence-corrected chi connectivity index (χ4v) is 3.76. The van der Waals surface area contributed by atoms with E-state index in [0.29, 0.717) is 23.2 Å². The van der Waals surface area contributed by atoms with Crippen LogP contribution < -0.4 is 14.2 Å². The molecule has 0 amide bonds. The van der Waals surface area contributed by atoms with E-state index in [1.165, 1.54) is 0 Å². The summed E-state index contributed by atoms with van der Waals surface area (Å²) < 4.78 is 23.9. The van der Waals surface area contributed by atoms with Crippen molar-refractivity contribution in [1.82, 2.24) is 14.5 Å². The molecule has 1 aliphatic rings. The van der Waals surface area contributed by atoms with Gasteiger partial charge in [-0.3, -0.25) is 4.90 Å². The van der Waals surface area contributed by atoms with Crippen molar-refractivity contribution in [2.24, 2.45) is 4.99 Å². The normalized spacial score (nSPS) is 14.9. The maximum atomic E-state index is 5.46. The van der Waals surface area contributed by atoms with Crippen LogP contribution in [-0.4, -0.2) is 74.8 Å². The van der Waals surface area contributed by atoms with E-state index in [-0.39, 0.29) is 0 Å². The predicted molar refractivity (Wildman–Crippen MR) is 120 cm³/mol. The molecule has 4 rings (SSSR count). The van der Waals surface area contributed by atoms with Gasteiger partial charge in [-0.25, -0.2) is 9.98 Å². The van der Waals surface area contributed by atoms with E-state index < -0.39 is 0 Å². The standard InChI is InChI=1S/C23H28N4O4/c1-28-20-14-17(15-21(29-2)22(20)30-3)16-24-23-25-18-6-4-5-7-19(18)27(23)9-8-26-10-12-31-13-11-26/h4-7,14-16H,8-13H2,1-3H3/b24-16+. The topological polar surface area (TPSA) is 70.3 Å². The molecule has 1 fully saturated rings. The molecule has 0 spiro atoms. The highest BCUT2D eigenvalue weighted by atomic mass is 16.5. The van der Waals surface area contributed by atoms with Crippen molar-refractivity contribution in [3.05, 3.63) is 42.0 Å². The summed E-state index contributed by atoms with van der Waals surface area (Å²) in [7, 11) is 4.79. The number of imidazole rings is 1. The molecular formula is C23H28N4O4. The zero-order chi connectivity index (χ0) is 21.6. The summed E-state index contributed by atoms with van der Waals surface area (Å²) in [5, 5.41) is 0. The fourth-order valence-electron chi connectivity index (χ4n) is 3.76. The van der Waals surface area contributed by atoms with Crippen LogP contribution in [0.1, 0.15) is 5.56 Å². The first-order chi connectivity index (χ1) is 15.2. The highest BCUT2D eigenvalue weighted by molar-refractivity contribution is 5.85. The van der Waals surface area contributed by atoms with Crippen LogP contribution in [0.15, 0.2) is 41.4 Å². The van der Waals surface area contributed by atoms with Gasteiger partial charge in [0.2, 0.25) is 11.7 Å². The molecule has 1 saturated heterocycles. The Labute approximate surface area is 182 Å². The minimum atomic E-state index is 0.555. The Balaban J connectivity index is 1.64. The van der Waals surface area contributed by atoms with E-state index in [0.717, 1.165) is 56.0 Å². The molecule has 8 nitrogen and oxygen atoms in total. The third-order valence-electron chi connectivity index (χ3n) is 5.39. The zero-order valence-corrected chi connectivity index (χ0v) is 18.2. The van der Waals surface area contributed by atoms with Crippen molar-refractivity contribution in [2.75, 3.05) is 54.2 Å². The van der Waals surface area contributed by atoms with E-state index in [9.17, 15) is 0 Å². The second-order valence-corrected chi connectivity index (χ2v) is 7.22. The molecule has 0 radical (unpaired) electrons. The SMILES string of the molecule is COc1cc(/C=N/c2nc3ccccc3n2CCN2CCOCC2)cc(OC)c1OC. The Morgan fingerprint density at radius 3 is 2.39 bits per heavy atom. The van der Waals surface area contributed by atoms with Crippen molar-refractivity contribution in [3.63, 3.8) is 0 Å². The molecule has 0 unspecified atom stereocenters. The lowest BCUT2D eigenvalue weighted by Gasteiger charge is -2.26. The maximum Gasteiger partial charge on any atom is 0.230 e. The highest BCUT2D eigenvalue weighted by Gasteiger charge is 2.15. The maximum absolute atomic E-state index is 5.46. The minimum Gasteiger partial charge on any atom is -0.493 e. The Hall–Kier alpha value is -3.10. The van der Waals surface area contributed by atoms with Crippen molar-refractivity contribution < 1.29 is 18.9 Å². The lowest BCUT2D eigenvalue weighted by atomic mass is 10.2. The third-order valence-corrected chi connectivity index (χ3v) is 5.39. The lowest BCUT2D eigenvalue weighted by molar-refractivity contribution is 0.0366. The van der Waals surface area contributed by atoms with Gasteiger partial charge in [-0.2, -0.15) is 0 Å². The summed E-state index contributed by atoms with van der Waals surface area (Å²) >= 11 is 0. The van der Waals surface area contributed by atoms with Crippen LogP contribution in [0.4, 0.5) is 5.95 Å². The molecule has 2 aromatic carbocycles. The van der Waals surface area contributed by atoms with Gasteiger partial charge < -0.3 is 23.5 Å². The number of benzene rings is 2. The van der Waals surface area contributed by atoms with Gasteiger partial charge in [-0.15, -0.1) is 0 Å². The Morgan fingerprint density at radius 1 is 1.00 bits per heavy atom. The van der Waals surface area contributed by atoms with Gasteiger partial charge in [0.15, 0.2) is 11.5 Å². The van der Waals surface area contributed by atoms with E-state index in [1.807, 2.05) is 30.3 Å². The average Bonchev–Trinajstić information content (AvgIpc) is 3.18. The predicted octanol–water partition coefficient (Wildman–Crippen LogP) is 3.14. The van der Waals surface area contributed by atoms with Gasteiger partial charge in [0.25, 0.3) is 0 Å². The van der Waals surface area contributed by atoms with Gasteiger partial charge in [-0.05, 0) is 24.3 Å². The highest BCUT2D eigenvalue weighted by Crippen LogP contribution is 2.37. The van der Waals surface area contributed by atoms with Gasteiger partial charge in [0.05, 0.1) is 45.6 Å². The first-order valence-corrected chi connectivity index (χ1v) is 10.3. The summed E-state index contributed by atoms with van der Waals surface area (Å²) in [5.74, 6) is 2.40. The number of ether oxygens (including phenoxy) is 4. The molecule has 1 aliphatic heterocycles. The summed E-state index contributed by atoms with van der Waals surface area (Å²) in [5.41, 5.74) is 2.84. The summed E-state index contributed by atoms with van der Waals surface area (Å²) in [4.78, 5) is 11.9. The molecule has 0 saturated carbocycles. The van der Waals surface area contributed by atoms with Crippen LogP contribution in [0, 0.1) is 0 Å². The molecule has 8 heteroatoms. The number of hydrogen-bond donors (Lipinski definition) is 0. The number of fused-ring (bicyclic) bond motifs is 1. The zero-order valence-electron chi connectivity index (χ0n) is 18.2. The number of rotatable bonds is 8. The van der Waals surface area contributed by atoms with E-state index in [4.69, 9.17) is 28.9 Å². The number of hydrogen-bond acceptors (Lipinski definition) is 7. The lowest BCUT2D eigenvalue weighted by Crippen LogP contribution is -2.38. The van der Waals surface area contributed by atoms with Crippen LogP contribution >= 0.6 is 0 Å². The van der Waals surface area contributed by atoms with Crippen molar-refractivity contribution in [2.45, 2.75) is 6.54 Å². The third kappa shape index (κ3) is 4.65. The smallest absolute Gasteiger partial charge is 0.230 e. The number of para-hydroxylation sites is 2. The largest absolute Gasteiger partial charge is 0.493 e. The molecule has 3 aromatic rings. The molecule has 31 heavy (non-hydrogen) atoms. The number of methoxy groups -OCH3 is 3. The Bertz CT molecular complexity index is 1030. The quantitative estimate of drug-likeness (QED) is 0.518. The number of morpholine rings is 1. The Morgan fingerprint density at radius 2 is 1.71 bits per heavy atom. The van der Waals surface area contributed by atoms with Gasteiger partial charge in [0, 0.05) is 38.0 Å². The molecule has 164 valence electrons. The molecule has 0 N–H and O–H groups in total. The number of nitrogens with zero attached hydrogens (tertiary/aromatic N) is 4. The van der Waals surface area contributed by atoms with Crippen LogP contribution in [0.2, 0.25) is 0 Å². The average molecular weight is 425 g/mol. The molecule has 0 bridgehead atoms. The summed E-state index contributed by atoms with van der Waals surface area (Å²) in [6, 6.07) is 11.9. The molecule has 1 aromatic heterocycles. The van der Waals surface area contributed by atoms with Crippen molar-refractivity contribution >= 4 is 23.2 Å². The van der Waals surface area contributed by atoms with Crippen LogP contribution in [-0.2, 0) is 11.3 Å². The fraction of sp³-hybridized carbons (Fsp3) is 0.391. The second kappa shape index (κ2) is 9.80. The van der Waals surface area contributed by atoms with Crippen LogP contribution in [0.25, 0.3) is 11.0 Å². The summed E-state index contributed by atoms with van der Waals surface area (Å²) in [6.45, 7) is 5.22. The number of aromatic nitrogens is 2. The number of aliphatic imine (C=N–C) groups is 1. The Kier molecular flexibility index (Phi) is 6.69. The monoisotopic (exact) mass is 424 g/mol. The summed E-state index contributed by atoms with van der Waals surface area (Å²) in [6.07, 6.45) is 1.77. The van der Waals surface area contributed by atoms with E-state index >= 15 is 0 Å². The minimum absolute atomic E-state index is 0.555. The van der Waals surface area contributed by atoms with Gasteiger partial charge in [0.1, 0.15) is 0 Å². The first kappa shape index (κ1) is 21.1. The van der Waals surface area contributed by atoms with Crippen LogP contribution in [0.3, 0.4) is 0 Å². The molecular weight excluding hydrogens is 396 g/mol. The van der Waals surface area contributed by atoms with Crippen LogP contribution in [0.5, 0.6) is 17.2 Å². The van der Waals surface area contributed by atoms with Crippen molar-refractivity contribution in [1.29, 1.82) is 0 Å². The van der Waals surface area contributed by atoms with Gasteiger partial charge >= 0.3 is 0 Å². The first-order valence-electron chi connectivity index (χ1n) is 10.3. The van der Waals surface area contributed by atoms with E-state index in [1.54, 1.807) is 27.5 Å². The molecule has 0 aliphatic carbocycles. The molecule has 0 atom stereocenters. The van der Waals surface area contributed by atoms with Gasteiger partial charge in [-0.1, -0.05) is 12.1 Å². The van der Waals surface area contributed by atoms with Crippen molar-refractivity contribution in [3.8, 4) is 17.2 Å².